The summed E-state index contributed by atoms with van der Waals surface area (Å²) in [7, 11) is 0. The number of likely N-dealkylation sites (tertiary alicyclic amines) is 1. The lowest BCUT2D eigenvalue weighted by molar-refractivity contribution is 0.179. The lowest BCUT2D eigenvalue weighted by atomic mass is 9.96. The second-order valence-corrected chi connectivity index (χ2v) is 5.72. The molecule has 0 aliphatic carbocycles. The Morgan fingerprint density at radius 1 is 1.06 bits per heavy atom. The van der Waals surface area contributed by atoms with Crippen LogP contribution in [0.2, 0.25) is 0 Å². The van der Waals surface area contributed by atoms with Gasteiger partial charge in [-0.3, -0.25) is 4.90 Å². The van der Waals surface area contributed by atoms with E-state index in [9.17, 15) is 0 Å². The molecular weight excluding hydrogens is 220 g/mol. The van der Waals surface area contributed by atoms with Crippen molar-refractivity contribution in [3.05, 3.63) is 35.9 Å². The molecule has 2 heteroatoms. The molecule has 2 atom stereocenters. The minimum Gasteiger partial charge on any atom is -0.312 e. The Hall–Kier alpha value is -0.860. The van der Waals surface area contributed by atoms with Gasteiger partial charge in [0.25, 0.3) is 0 Å². The average molecular weight is 244 g/mol. The second-order valence-electron chi connectivity index (χ2n) is 5.72. The van der Waals surface area contributed by atoms with Crippen LogP contribution in [-0.2, 0) is 6.54 Å². The van der Waals surface area contributed by atoms with Crippen LogP contribution in [0.25, 0.3) is 0 Å². The van der Waals surface area contributed by atoms with Gasteiger partial charge in [-0.2, -0.15) is 0 Å². The van der Waals surface area contributed by atoms with Crippen molar-refractivity contribution >= 4 is 0 Å². The van der Waals surface area contributed by atoms with Gasteiger partial charge in [0.2, 0.25) is 0 Å². The van der Waals surface area contributed by atoms with Crippen LogP contribution in [0.5, 0.6) is 0 Å². The molecule has 0 radical (unpaired) electrons. The van der Waals surface area contributed by atoms with Gasteiger partial charge in [0.05, 0.1) is 0 Å². The zero-order chi connectivity index (χ0) is 12.2. The van der Waals surface area contributed by atoms with Crippen molar-refractivity contribution in [3.8, 4) is 0 Å². The number of hydrogen-bond donors (Lipinski definition) is 1. The van der Waals surface area contributed by atoms with Gasteiger partial charge < -0.3 is 5.32 Å². The van der Waals surface area contributed by atoms with Gasteiger partial charge in [-0.15, -0.1) is 0 Å². The summed E-state index contributed by atoms with van der Waals surface area (Å²) in [6.45, 7) is 3.63. The fourth-order valence-electron chi connectivity index (χ4n) is 3.53. The molecular formula is C16H24N2. The van der Waals surface area contributed by atoms with E-state index in [1.807, 2.05) is 0 Å². The molecule has 2 nitrogen and oxygen atoms in total. The Bertz CT molecular complexity index is 357. The fraction of sp³-hybridized carbons (Fsp3) is 0.625. The first-order chi connectivity index (χ1) is 8.93. The van der Waals surface area contributed by atoms with Gasteiger partial charge in [-0.05, 0) is 44.3 Å². The summed E-state index contributed by atoms with van der Waals surface area (Å²) < 4.78 is 0. The highest BCUT2D eigenvalue weighted by molar-refractivity contribution is 5.15. The fourth-order valence-corrected chi connectivity index (χ4v) is 3.53. The highest BCUT2D eigenvalue weighted by atomic mass is 15.2. The highest BCUT2D eigenvalue weighted by Crippen LogP contribution is 2.26. The Labute approximate surface area is 110 Å². The van der Waals surface area contributed by atoms with Crippen LogP contribution < -0.4 is 5.32 Å². The standard InChI is InChI=1S/C16H24N2/c1-2-7-14(8-3-1)13-18-12-6-10-16(18)15-9-4-5-11-17-15/h1-3,7-8,15-17H,4-6,9-13H2. The number of benzene rings is 1. The molecule has 1 aromatic rings. The molecule has 2 heterocycles. The molecule has 0 spiro atoms. The third-order valence-corrected chi connectivity index (χ3v) is 4.46. The van der Waals surface area contributed by atoms with Crippen molar-refractivity contribution in [3.63, 3.8) is 0 Å². The van der Waals surface area contributed by atoms with Crippen molar-refractivity contribution < 1.29 is 0 Å². The number of rotatable bonds is 3. The Kier molecular flexibility index (Phi) is 3.96. The molecule has 18 heavy (non-hydrogen) atoms. The van der Waals surface area contributed by atoms with Crippen molar-refractivity contribution in [2.75, 3.05) is 13.1 Å². The molecule has 1 aromatic carbocycles. The van der Waals surface area contributed by atoms with Gasteiger partial charge in [-0.1, -0.05) is 36.8 Å². The average Bonchev–Trinajstić information content (AvgIpc) is 2.89. The molecule has 0 amide bonds. The molecule has 0 bridgehead atoms. The maximum atomic E-state index is 3.74. The third-order valence-electron chi connectivity index (χ3n) is 4.46. The van der Waals surface area contributed by atoms with E-state index in [4.69, 9.17) is 0 Å². The van der Waals surface area contributed by atoms with Crippen molar-refractivity contribution in [2.24, 2.45) is 0 Å². The smallest absolute Gasteiger partial charge is 0.0253 e. The van der Waals surface area contributed by atoms with Crippen LogP contribution in [0, 0.1) is 0 Å². The maximum Gasteiger partial charge on any atom is 0.0253 e. The quantitative estimate of drug-likeness (QED) is 0.879. The van der Waals surface area contributed by atoms with Crippen LogP contribution in [0.4, 0.5) is 0 Å². The highest BCUT2D eigenvalue weighted by Gasteiger charge is 2.31. The summed E-state index contributed by atoms with van der Waals surface area (Å²) in [5.74, 6) is 0. The molecule has 2 aliphatic rings. The zero-order valence-electron chi connectivity index (χ0n) is 11.1. The second kappa shape index (κ2) is 5.85. The van der Waals surface area contributed by atoms with Crippen LogP contribution >= 0.6 is 0 Å². The third kappa shape index (κ3) is 2.76. The van der Waals surface area contributed by atoms with E-state index in [-0.39, 0.29) is 0 Å². The Morgan fingerprint density at radius 3 is 2.72 bits per heavy atom. The van der Waals surface area contributed by atoms with Crippen molar-refractivity contribution in [2.45, 2.75) is 50.7 Å². The summed E-state index contributed by atoms with van der Waals surface area (Å²) in [4.78, 5) is 2.69. The number of hydrogen-bond acceptors (Lipinski definition) is 2. The molecule has 0 aromatic heterocycles. The van der Waals surface area contributed by atoms with Gasteiger partial charge in [0.1, 0.15) is 0 Å². The SMILES string of the molecule is c1ccc(CN2CCCC2C2CCCCN2)cc1. The Balaban J connectivity index is 1.63. The molecule has 1 N–H and O–H groups in total. The molecule has 2 saturated heterocycles. The predicted molar refractivity (Wildman–Crippen MR) is 75.5 cm³/mol. The maximum absolute atomic E-state index is 3.74. The van der Waals surface area contributed by atoms with E-state index < -0.39 is 0 Å². The molecule has 2 aliphatic heterocycles. The van der Waals surface area contributed by atoms with E-state index in [0.29, 0.717) is 0 Å². The summed E-state index contributed by atoms with van der Waals surface area (Å²) in [5.41, 5.74) is 1.46. The van der Waals surface area contributed by atoms with E-state index in [1.54, 1.807) is 0 Å². The van der Waals surface area contributed by atoms with Gasteiger partial charge in [-0.25, -0.2) is 0 Å². The first-order valence-corrected chi connectivity index (χ1v) is 7.45. The minimum atomic E-state index is 0.741. The predicted octanol–water partition coefficient (Wildman–Crippen LogP) is 2.79. The van der Waals surface area contributed by atoms with Crippen molar-refractivity contribution in [1.82, 2.24) is 10.2 Å². The number of nitrogens with one attached hydrogen (secondary N) is 1. The molecule has 0 saturated carbocycles. The first-order valence-electron chi connectivity index (χ1n) is 7.45. The lowest BCUT2D eigenvalue weighted by Gasteiger charge is -2.35. The van der Waals surface area contributed by atoms with Crippen LogP contribution in [0.3, 0.4) is 0 Å². The minimum absolute atomic E-state index is 0.741. The normalized spacial score (nSPS) is 29.6. The molecule has 2 unspecified atom stereocenters. The summed E-state index contributed by atoms with van der Waals surface area (Å²) in [5, 5.41) is 3.74. The lowest BCUT2D eigenvalue weighted by Crippen LogP contribution is -2.48. The largest absolute Gasteiger partial charge is 0.312 e. The van der Waals surface area contributed by atoms with E-state index in [1.165, 1.54) is 50.8 Å². The topological polar surface area (TPSA) is 15.3 Å². The van der Waals surface area contributed by atoms with Crippen LogP contribution in [-0.4, -0.2) is 30.1 Å². The van der Waals surface area contributed by atoms with Crippen LogP contribution in [0.15, 0.2) is 30.3 Å². The van der Waals surface area contributed by atoms with Gasteiger partial charge in [0.15, 0.2) is 0 Å². The van der Waals surface area contributed by atoms with Gasteiger partial charge in [0, 0.05) is 18.6 Å². The van der Waals surface area contributed by atoms with E-state index in [2.05, 4.69) is 40.5 Å². The molecule has 98 valence electrons. The van der Waals surface area contributed by atoms with Crippen molar-refractivity contribution in [1.29, 1.82) is 0 Å². The van der Waals surface area contributed by atoms with Gasteiger partial charge >= 0.3 is 0 Å². The van der Waals surface area contributed by atoms with E-state index in [0.717, 1.165) is 18.6 Å². The number of nitrogens with zero attached hydrogens (tertiary/aromatic N) is 1. The first kappa shape index (κ1) is 12.2. The molecule has 3 rings (SSSR count). The zero-order valence-corrected chi connectivity index (χ0v) is 11.1. The Morgan fingerprint density at radius 2 is 1.94 bits per heavy atom. The monoisotopic (exact) mass is 244 g/mol. The summed E-state index contributed by atoms with van der Waals surface area (Å²) >= 11 is 0. The van der Waals surface area contributed by atoms with E-state index >= 15 is 0 Å². The van der Waals surface area contributed by atoms with Crippen LogP contribution in [0.1, 0.15) is 37.7 Å². The summed E-state index contributed by atoms with van der Waals surface area (Å²) in [6.07, 6.45) is 6.89. The summed E-state index contributed by atoms with van der Waals surface area (Å²) in [6, 6.07) is 12.4. The number of piperidine rings is 1. The molecule has 2 fully saturated rings.